The second-order valence-electron chi connectivity index (χ2n) is 4.68. The van der Waals surface area contributed by atoms with Gasteiger partial charge in [-0.2, -0.15) is 0 Å². The minimum atomic E-state index is 0.272. The van der Waals surface area contributed by atoms with Gasteiger partial charge >= 0.3 is 0 Å². The molecule has 0 spiro atoms. The lowest BCUT2D eigenvalue weighted by molar-refractivity contribution is 0.196. The van der Waals surface area contributed by atoms with Crippen molar-refractivity contribution in [3.8, 4) is 0 Å². The van der Waals surface area contributed by atoms with Gasteiger partial charge < -0.3 is 15.7 Å². The van der Waals surface area contributed by atoms with Crippen molar-refractivity contribution in [1.82, 2.24) is 9.80 Å². The highest BCUT2D eigenvalue weighted by atomic mass is 32.1. The molecule has 0 amide bonds. The van der Waals surface area contributed by atoms with E-state index in [9.17, 15) is 0 Å². The summed E-state index contributed by atoms with van der Waals surface area (Å²) in [5.41, 5.74) is 5.48. The molecule has 100 valence electrons. The van der Waals surface area contributed by atoms with Crippen LogP contribution in [0.15, 0.2) is 0 Å². The molecule has 3 N–H and O–H groups in total. The van der Waals surface area contributed by atoms with Gasteiger partial charge in [0.15, 0.2) is 0 Å². The minimum absolute atomic E-state index is 0.272. The summed E-state index contributed by atoms with van der Waals surface area (Å²) >= 11 is 4.87. The first-order valence-electron chi connectivity index (χ1n) is 6.56. The van der Waals surface area contributed by atoms with Gasteiger partial charge in [-0.3, -0.25) is 4.90 Å². The van der Waals surface area contributed by atoms with Crippen molar-refractivity contribution in [3.63, 3.8) is 0 Å². The van der Waals surface area contributed by atoms with Crippen LogP contribution in [0.5, 0.6) is 0 Å². The lowest BCUT2D eigenvalue weighted by atomic mass is 10.2. The second kappa shape index (κ2) is 8.80. The van der Waals surface area contributed by atoms with Crippen molar-refractivity contribution in [1.29, 1.82) is 0 Å². The van der Waals surface area contributed by atoms with Crippen LogP contribution in [-0.4, -0.2) is 65.8 Å². The molecule has 0 aromatic rings. The highest BCUT2D eigenvalue weighted by molar-refractivity contribution is 7.80. The monoisotopic (exact) mass is 259 g/mol. The SMILES string of the molecule is NC(=S)CCCCN1CCCN(CCO)CC1. The van der Waals surface area contributed by atoms with E-state index in [2.05, 4.69) is 9.80 Å². The summed E-state index contributed by atoms with van der Waals surface area (Å²) in [5.74, 6) is 0. The number of hydrogen-bond acceptors (Lipinski definition) is 4. The van der Waals surface area contributed by atoms with Gasteiger partial charge in [0.25, 0.3) is 0 Å². The quantitative estimate of drug-likeness (QED) is 0.513. The molecular formula is C12H25N3OS. The van der Waals surface area contributed by atoms with E-state index >= 15 is 0 Å². The minimum Gasteiger partial charge on any atom is -0.395 e. The molecule has 1 saturated heterocycles. The predicted molar refractivity (Wildman–Crippen MR) is 75.2 cm³/mol. The molecule has 0 saturated carbocycles. The van der Waals surface area contributed by atoms with Crippen molar-refractivity contribution in [3.05, 3.63) is 0 Å². The van der Waals surface area contributed by atoms with Crippen LogP contribution in [0.3, 0.4) is 0 Å². The summed E-state index contributed by atoms with van der Waals surface area (Å²) in [5, 5.41) is 8.92. The first-order valence-corrected chi connectivity index (χ1v) is 6.97. The van der Waals surface area contributed by atoms with E-state index in [0.29, 0.717) is 4.99 Å². The fraction of sp³-hybridized carbons (Fsp3) is 0.917. The van der Waals surface area contributed by atoms with E-state index in [0.717, 1.165) is 45.6 Å². The Bertz CT molecular complexity index is 226. The van der Waals surface area contributed by atoms with Crippen LogP contribution in [0, 0.1) is 0 Å². The number of β-amino-alcohol motifs (C(OH)–C–C–N with tert-alkyl or cyclic N) is 1. The zero-order valence-corrected chi connectivity index (χ0v) is 11.4. The average molecular weight is 259 g/mol. The molecule has 0 aromatic carbocycles. The average Bonchev–Trinajstić information content (AvgIpc) is 2.51. The van der Waals surface area contributed by atoms with E-state index in [-0.39, 0.29) is 6.61 Å². The van der Waals surface area contributed by atoms with Crippen molar-refractivity contribution in [2.75, 3.05) is 45.9 Å². The summed E-state index contributed by atoms with van der Waals surface area (Å²) in [6.45, 7) is 6.72. The zero-order valence-electron chi connectivity index (χ0n) is 10.6. The molecule has 1 heterocycles. The van der Waals surface area contributed by atoms with E-state index in [1.54, 1.807) is 0 Å². The van der Waals surface area contributed by atoms with Gasteiger partial charge in [-0.15, -0.1) is 0 Å². The van der Waals surface area contributed by atoms with Gasteiger partial charge in [0.05, 0.1) is 11.6 Å². The molecule has 0 aromatic heterocycles. The van der Waals surface area contributed by atoms with Gasteiger partial charge in [0.2, 0.25) is 0 Å². The lowest BCUT2D eigenvalue weighted by Crippen LogP contribution is -2.32. The molecule has 1 aliphatic rings. The normalized spacial score (nSPS) is 19.1. The molecule has 0 atom stereocenters. The summed E-state index contributed by atoms with van der Waals surface area (Å²) in [7, 11) is 0. The summed E-state index contributed by atoms with van der Waals surface area (Å²) in [4.78, 5) is 5.49. The largest absolute Gasteiger partial charge is 0.395 e. The molecule has 1 fully saturated rings. The van der Waals surface area contributed by atoms with Crippen LogP contribution >= 0.6 is 12.2 Å². The Morgan fingerprint density at radius 3 is 2.29 bits per heavy atom. The van der Waals surface area contributed by atoms with Gasteiger partial charge in [-0.05, 0) is 45.3 Å². The number of rotatable bonds is 7. The van der Waals surface area contributed by atoms with Crippen LogP contribution in [0.1, 0.15) is 25.7 Å². The highest BCUT2D eigenvalue weighted by Gasteiger charge is 2.13. The van der Waals surface area contributed by atoms with Crippen LogP contribution in [0.2, 0.25) is 0 Å². The predicted octanol–water partition coefficient (Wildman–Crippen LogP) is 0.443. The van der Waals surface area contributed by atoms with Gasteiger partial charge in [0.1, 0.15) is 0 Å². The molecule has 5 heteroatoms. The molecule has 17 heavy (non-hydrogen) atoms. The Hall–Kier alpha value is -0.230. The Morgan fingerprint density at radius 2 is 1.71 bits per heavy atom. The Kier molecular flexibility index (Phi) is 7.68. The number of nitrogens with two attached hydrogens (primary N) is 1. The number of aliphatic hydroxyl groups excluding tert-OH is 1. The van der Waals surface area contributed by atoms with E-state index < -0.39 is 0 Å². The van der Waals surface area contributed by atoms with Crippen molar-refractivity contribution in [2.45, 2.75) is 25.7 Å². The lowest BCUT2D eigenvalue weighted by Gasteiger charge is -2.21. The molecule has 0 unspecified atom stereocenters. The summed E-state index contributed by atoms with van der Waals surface area (Å²) in [6.07, 6.45) is 4.36. The van der Waals surface area contributed by atoms with Gasteiger partial charge in [-0.25, -0.2) is 0 Å². The smallest absolute Gasteiger partial charge is 0.0727 e. The first-order chi connectivity index (χ1) is 8.22. The maximum Gasteiger partial charge on any atom is 0.0727 e. The Balaban J connectivity index is 2.11. The Morgan fingerprint density at radius 1 is 1.06 bits per heavy atom. The Labute approximate surface area is 110 Å². The number of hydrogen-bond donors (Lipinski definition) is 2. The van der Waals surface area contributed by atoms with Crippen molar-refractivity contribution in [2.24, 2.45) is 5.73 Å². The summed E-state index contributed by atoms with van der Waals surface area (Å²) < 4.78 is 0. The van der Waals surface area contributed by atoms with Crippen molar-refractivity contribution >= 4 is 17.2 Å². The van der Waals surface area contributed by atoms with E-state index in [1.807, 2.05) is 0 Å². The molecule has 4 nitrogen and oxygen atoms in total. The molecule has 0 bridgehead atoms. The number of aliphatic hydroxyl groups is 1. The maximum absolute atomic E-state index is 8.92. The topological polar surface area (TPSA) is 52.7 Å². The van der Waals surface area contributed by atoms with Crippen LogP contribution in [0.25, 0.3) is 0 Å². The fourth-order valence-electron chi connectivity index (χ4n) is 2.25. The van der Waals surface area contributed by atoms with Gasteiger partial charge in [-0.1, -0.05) is 12.2 Å². The van der Waals surface area contributed by atoms with Crippen molar-refractivity contribution < 1.29 is 5.11 Å². The van der Waals surface area contributed by atoms with Gasteiger partial charge in [0, 0.05) is 19.6 Å². The number of unbranched alkanes of at least 4 members (excludes halogenated alkanes) is 1. The third kappa shape index (κ3) is 6.93. The maximum atomic E-state index is 8.92. The summed E-state index contributed by atoms with van der Waals surface area (Å²) in [6, 6.07) is 0. The van der Waals surface area contributed by atoms with E-state index in [1.165, 1.54) is 19.4 Å². The molecule has 0 aliphatic carbocycles. The first kappa shape index (κ1) is 14.8. The van der Waals surface area contributed by atoms with E-state index in [4.69, 9.17) is 23.1 Å². The standard InChI is InChI=1S/C12H25N3OS/c13-12(17)4-1-2-5-14-6-3-7-15(9-8-14)10-11-16/h16H,1-11H2,(H2,13,17). The molecule has 0 radical (unpaired) electrons. The zero-order chi connectivity index (χ0) is 12.5. The van der Waals surface area contributed by atoms with Crippen LogP contribution in [-0.2, 0) is 0 Å². The second-order valence-corrected chi connectivity index (χ2v) is 5.21. The third-order valence-electron chi connectivity index (χ3n) is 3.24. The fourth-order valence-corrected chi connectivity index (χ4v) is 2.39. The number of nitrogens with zero attached hydrogens (tertiary/aromatic N) is 2. The molecule has 1 aliphatic heterocycles. The van der Waals surface area contributed by atoms with Crippen LogP contribution < -0.4 is 5.73 Å². The highest BCUT2D eigenvalue weighted by Crippen LogP contribution is 2.05. The molecular weight excluding hydrogens is 234 g/mol. The van der Waals surface area contributed by atoms with Crippen LogP contribution in [0.4, 0.5) is 0 Å². The number of thiocarbonyl (C=S) groups is 1. The third-order valence-corrected chi connectivity index (χ3v) is 3.45. The molecule has 1 rings (SSSR count).